The molecule has 6 nitrogen and oxygen atoms in total. The molecular formula is C12H14N6. The lowest BCUT2D eigenvalue weighted by Gasteiger charge is -2.30. The molecule has 0 aromatic carbocycles. The highest BCUT2D eigenvalue weighted by atomic mass is 15.2. The third-order valence-electron chi connectivity index (χ3n) is 3.06. The van der Waals surface area contributed by atoms with Crippen molar-refractivity contribution in [2.24, 2.45) is 0 Å². The fraction of sp³-hybridized carbons (Fsp3) is 0.500. The van der Waals surface area contributed by atoms with E-state index in [1.807, 2.05) is 0 Å². The average Bonchev–Trinajstić information content (AvgIpc) is 2.42. The van der Waals surface area contributed by atoms with Crippen molar-refractivity contribution in [2.75, 3.05) is 25.0 Å². The quantitative estimate of drug-likeness (QED) is 0.787. The first kappa shape index (κ1) is 12.3. The molecule has 0 amide bonds. The largest absolute Gasteiger partial charge is 0.365 e. The van der Waals surface area contributed by atoms with E-state index in [-0.39, 0.29) is 0 Å². The van der Waals surface area contributed by atoms with Crippen LogP contribution in [0, 0.1) is 22.7 Å². The van der Waals surface area contributed by atoms with Crippen LogP contribution in [-0.4, -0.2) is 40.8 Å². The Hall–Kier alpha value is -2.18. The van der Waals surface area contributed by atoms with E-state index in [1.165, 1.54) is 6.20 Å². The number of nitrogens with one attached hydrogen (secondary N) is 1. The number of anilines is 1. The summed E-state index contributed by atoms with van der Waals surface area (Å²) in [5, 5.41) is 28.6. The standard InChI is InChI=1S/C12H14N6/c13-4-8-18-6-2-11(3-7-18)16-12-10(9-14)1-5-15-17-12/h1,5,11H,2-3,6-8H2,(H,16,17). The van der Waals surface area contributed by atoms with Crippen LogP contribution in [0.5, 0.6) is 0 Å². The third-order valence-corrected chi connectivity index (χ3v) is 3.06. The van der Waals surface area contributed by atoms with Gasteiger partial charge < -0.3 is 5.32 Å². The molecule has 0 aliphatic carbocycles. The van der Waals surface area contributed by atoms with Gasteiger partial charge >= 0.3 is 0 Å². The minimum Gasteiger partial charge on any atom is -0.365 e. The van der Waals surface area contributed by atoms with Crippen LogP contribution in [0.4, 0.5) is 5.82 Å². The molecule has 18 heavy (non-hydrogen) atoms. The summed E-state index contributed by atoms with van der Waals surface area (Å²) in [6.45, 7) is 2.28. The second kappa shape index (κ2) is 5.95. The van der Waals surface area contributed by atoms with Gasteiger partial charge in [-0.2, -0.15) is 15.6 Å². The SMILES string of the molecule is N#CCN1CCC(Nc2nnccc2C#N)CC1. The molecule has 1 saturated heterocycles. The van der Waals surface area contributed by atoms with E-state index in [1.54, 1.807) is 6.07 Å². The summed E-state index contributed by atoms with van der Waals surface area (Å²) in [7, 11) is 0. The molecule has 1 aliphatic rings. The van der Waals surface area contributed by atoms with Gasteiger partial charge in [-0.3, -0.25) is 4.90 Å². The first-order valence-corrected chi connectivity index (χ1v) is 5.91. The van der Waals surface area contributed by atoms with Crippen LogP contribution in [0.3, 0.4) is 0 Å². The van der Waals surface area contributed by atoms with E-state index >= 15 is 0 Å². The van der Waals surface area contributed by atoms with Crippen molar-refractivity contribution in [3.05, 3.63) is 17.8 Å². The zero-order chi connectivity index (χ0) is 12.8. The summed E-state index contributed by atoms with van der Waals surface area (Å²) in [6, 6.07) is 6.20. The Morgan fingerprint density at radius 2 is 2.17 bits per heavy atom. The number of piperidine rings is 1. The average molecular weight is 242 g/mol. The van der Waals surface area contributed by atoms with Crippen molar-refractivity contribution in [2.45, 2.75) is 18.9 Å². The Morgan fingerprint density at radius 3 is 2.83 bits per heavy atom. The van der Waals surface area contributed by atoms with E-state index in [9.17, 15) is 0 Å². The molecule has 0 spiro atoms. The Balaban J connectivity index is 1.92. The summed E-state index contributed by atoms with van der Waals surface area (Å²) in [6.07, 6.45) is 3.41. The zero-order valence-electron chi connectivity index (χ0n) is 10.0. The minimum atomic E-state index is 0.295. The van der Waals surface area contributed by atoms with Crippen LogP contribution in [0.1, 0.15) is 18.4 Å². The maximum absolute atomic E-state index is 8.96. The van der Waals surface area contributed by atoms with E-state index in [2.05, 4.69) is 32.6 Å². The first-order chi connectivity index (χ1) is 8.83. The van der Waals surface area contributed by atoms with Gasteiger partial charge in [-0.15, -0.1) is 5.10 Å². The van der Waals surface area contributed by atoms with Gasteiger partial charge in [-0.25, -0.2) is 0 Å². The van der Waals surface area contributed by atoms with Crippen molar-refractivity contribution in [1.82, 2.24) is 15.1 Å². The molecule has 2 rings (SSSR count). The monoisotopic (exact) mass is 242 g/mol. The van der Waals surface area contributed by atoms with Crippen LogP contribution in [0.15, 0.2) is 12.3 Å². The number of hydrogen-bond acceptors (Lipinski definition) is 6. The van der Waals surface area contributed by atoms with Crippen molar-refractivity contribution in [3.8, 4) is 12.1 Å². The smallest absolute Gasteiger partial charge is 0.166 e. The second-order valence-corrected chi connectivity index (χ2v) is 4.26. The number of hydrogen-bond donors (Lipinski definition) is 1. The van der Waals surface area contributed by atoms with Crippen molar-refractivity contribution >= 4 is 5.82 Å². The third kappa shape index (κ3) is 2.93. The molecule has 0 radical (unpaired) electrons. The first-order valence-electron chi connectivity index (χ1n) is 5.91. The molecule has 6 heteroatoms. The summed E-state index contributed by atoms with van der Waals surface area (Å²) in [5.41, 5.74) is 0.518. The fourth-order valence-electron chi connectivity index (χ4n) is 2.06. The van der Waals surface area contributed by atoms with Crippen molar-refractivity contribution in [3.63, 3.8) is 0 Å². The number of nitriles is 2. The number of aromatic nitrogens is 2. The highest BCUT2D eigenvalue weighted by molar-refractivity contribution is 5.50. The summed E-state index contributed by atoms with van der Waals surface area (Å²) < 4.78 is 0. The highest BCUT2D eigenvalue weighted by Gasteiger charge is 2.19. The highest BCUT2D eigenvalue weighted by Crippen LogP contribution is 2.16. The van der Waals surface area contributed by atoms with Gasteiger partial charge in [0.15, 0.2) is 5.82 Å². The molecule has 1 aromatic rings. The van der Waals surface area contributed by atoms with Gasteiger partial charge in [0.25, 0.3) is 0 Å². The molecule has 2 heterocycles. The van der Waals surface area contributed by atoms with E-state index < -0.39 is 0 Å². The molecule has 92 valence electrons. The van der Waals surface area contributed by atoms with Gasteiger partial charge in [-0.1, -0.05) is 0 Å². The normalized spacial score (nSPS) is 16.8. The Morgan fingerprint density at radius 1 is 1.39 bits per heavy atom. The van der Waals surface area contributed by atoms with Gasteiger partial charge in [-0.05, 0) is 18.9 Å². The molecule has 1 aliphatic heterocycles. The molecule has 0 bridgehead atoms. The Labute approximate surface area is 106 Å². The molecule has 1 aromatic heterocycles. The molecule has 1 fully saturated rings. The lowest BCUT2D eigenvalue weighted by Crippen LogP contribution is -2.39. The molecule has 0 unspecified atom stereocenters. The number of rotatable bonds is 3. The van der Waals surface area contributed by atoms with Gasteiger partial charge in [0, 0.05) is 19.1 Å². The summed E-state index contributed by atoms with van der Waals surface area (Å²) >= 11 is 0. The van der Waals surface area contributed by atoms with Gasteiger partial charge in [0.05, 0.1) is 24.4 Å². The number of nitrogens with zero attached hydrogens (tertiary/aromatic N) is 5. The topological polar surface area (TPSA) is 88.6 Å². The van der Waals surface area contributed by atoms with E-state index in [0.29, 0.717) is 24.0 Å². The van der Waals surface area contributed by atoms with Crippen LogP contribution in [-0.2, 0) is 0 Å². The van der Waals surface area contributed by atoms with Gasteiger partial charge in [0.2, 0.25) is 0 Å². The van der Waals surface area contributed by atoms with Crippen LogP contribution < -0.4 is 5.32 Å². The van der Waals surface area contributed by atoms with E-state index in [4.69, 9.17) is 10.5 Å². The maximum atomic E-state index is 8.96. The Bertz CT molecular complexity index is 478. The lowest BCUT2D eigenvalue weighted by atomic mass is 10.0. The fourth-order valence-corrected chi connectivity index (χ4v) is 2.06. The van der Waals surface area contributed by atoms with Gasteiger partial charge in [0.1, 0.15) is 6.07 Å². The predicted octanol–water partition coefficient (Wildman–Crippen LogP) is 0.748. The molecular weight excluding hydrogens is 228 g/mol. The molecule has 0 atom stereocenters. The summed E-state index contributed by atoms with van der Waals surface area (Å²) in [4.78, 5) is 2.13. The second-order valence-electron chi connectivity index (χ2n) is 4.26. The minimum absolute atomic E-state index is 0.295. The summed E-state index contributed by atoms with van der Waals surface area (Å²) in [5.74, 6) is 0.554. The van der Waals surface area contributed by atoms with E-state index in [0.717, 1.165) is 25.9 Å². The van der Waals surface area contributed by atoms with Crippen LogP contribution >= 0.6 is 0 Å². The molecule has 1 N–H and O–H groups in total. The van der Waals surface area contributed by atoms with Crippen molar-refractivity contribution < 1.29 is 0 Å². The number of likely N-dealkylation sites (tertiary alicyclic amines) is 1. The Kier molecular flexibility index (Phi) is 4.06. The zero-order valence-corrected chi connectivity index (χ0v) is 10.0. The predicted molar refractivity (Wildman–Crippen MR) is 65.4 cm³/mol. The molecule has 0 saturated carbocycles. The van der Waals surface area contributed by atoms with Crippen molar-refractivity contribution in [1.29, 1.82) is 10.5 Å². The lowest BCUT2D eigenvalue weighted by molar-refractivity contribution is 0.242. The van der Waals surface area contributed by atoms with Crippen LogP contribution in [0.25, 0.3) is 0 Å². The maximum Gasteiger partial charge on any atom is 0.166 e. The van der Waals surface area contributed by atoms with Crippen LogP contribution in [0.2, 0.25) is 0 Å².